The zero-order valence-electron chi connectivity index (χ0n) is 13.8. The van der Waals surface area contributed by atoms with Crippen molar-refractivity contribution in [3.8, 4) is 0 Å². The Morgan fingerprint density at radius 1 is 1.22 bits per heavy atom. The molecule has 1 aliphatic rings. The Morgan fingerprint density at radius 3 is 2.74 bits per heavy atom. The molecule has 0 bridgehead atoms. The Labute approximate surface area is 155 Å². The summed E-state index contributed by atoms with van der Waals surface area (Å²) in [6.45, 7) is 5.06. The van der Waals surface area contributed by atoms with Crippen molar-refractivity contribution >= 4 is 40.8 Å². The smallest absolute Gasteiger partial charge is 0.191 e. The van der Waals surface area contributed by atoms with E-state index in [2.05, 4.69) is 46.2 Å². The summed E-state index contributed by atoms with van der Waals surface area (Å²) in [7, 11) is 0. The fourth-order valence-corrected chi connectivity index (χ4v) is 3.29. The number of likely N-dealkylation sites (tertiary alicyclic amines) is 1. The number of rotatable bonds is 4. The van der Waals surface area contributed by atoms with Crippen LogP contribution in [0.1, 0.15) is 37.3 Å². The molecule has 1 aromatic heterocycles. The number of aliphatic imine (C=N–C) groups is 1. The molecule has 3 rings (SSSR count). The first-order valence-corrected chi connectivity index (χ1v) is 8.42. The summed E-state index contributed by atoms with van der Waals surface area (Å²) in [6.07, 6.45) is 7.89. The van der Waals surface area contributed by atoms with Crippen LogP contribution in [0.15, 0.2) is 29.4 Å². The zero-order chi connectivity index (χ0) is 15.4. The van der Waals surface area contributed by atoms with Crippen LogP contribution in [0.5, 0.6) is 0 Å². The summed E-state index contributed by atoms with van der Waals surface area (Å²) in [4.78, 5) is 10.2. The highest BCUT2D eigenvalue weighted by atomic mass is 127. The summed E-state index contributed by atoms with van der Waals surface area (Å²) < 4.78 is 0. The second kappa shape index (κ2) is 8.57. The van der Waals surface area contributed by atoms with Gasteiger partial charge < -0.3 is 15.6 Å². The van der Waals surface area contributed by atoms with E-state index in [1.807, 2.05) is 0 Å². The fourth-order valence-electron chi connectivity index (χ4n) is 3.29. The minimum absolute atomic E-state index is 0. The first kappa shape index (κ1) is 18.1. The monoisotopic (exact) mass is 426 g/mol. The molecule has 4 nitrogen and oxygen atoms in total. The molecule has 0 radical (unpaired) electrons. The van der Waals surface area contributed by atoms with Crippen molar-refractivity contribution < 1.29 is 0 Å². The highest BCUT2D eigenvalue weighted by Crippen LogP contribution is 2.22. The molecule has 23 heavy (non-hydrogen) atoms. The molecule has 2 aromatic rings. The SMILES string of the molecule is CCc1cccc2c(CCN=C(N)N3CCCCC3)c[nH]c12.I. The van der Waals surface area contributed by atoms with Gasteiger partial charge in [-0.15, -0.1) is 24.0 Å². The Balaban J connectivity index is 0.00000192. The van der Waals surface area contributed by atoms with Crippen LogP contribution in [0, 0.1) is 0 Å². The highest BCUT2D eigenvalue weighted by Gasteiger charge is 2.12. The van der Waals surface area contributed by atoms with Crippen molar-refractivity contribution in [2.45, 2.75) is 39.0 Å². The van der Waals surface area contributed by atoms with Gasteiger partial charge in [-0.1, -0.05) is 25.1 Å². The van der Waals surface area contributed by atoms with Crippen LogP contribution in [-0.4, -0.2) is 35.5 Å². The molecule has 1 aromatic carbocycles. The number of piperidine rings is 1. The molecule has 0 saturated carbocycles. The number of nitrogens with two attached hydrogens (primary N) is 1. The average molecular weight is 426 g/mol. The number of aromatic amines is 1. The Bertz CT molecular complexity index is 656. The Hall–Kier alpha value is -1.24. The van der Waals surface area contributed by atoms with Gasteiger partial charge in [-0.2, -0.15) is 0 Å². The maximum absolute atomic E-state index is 6.11. The van der Waals surface area contributed by atoms with Gasteiger partial charge in [0, 0.05) is 36.7 Å². The van der Waals surface area contributed by atoms with Crippen molar-refractivity contribution in [2.75, 3.05) is 19.6 Å². The van der Waals surface area contributed by atoms with Gasteiger partial charge >= 0.3 is 0 Å². The Morgan fingerprint density at radius 2 is 2.00 bits per heavy atom. The second-order valence-corrected chi connectivity index (χ2v) is 6.04. The number of halogens is 1. The number of hydrogen-bond acceptors (Lipinski definition) is 1. The van der Waals surface area contributed by atoms with E-state index in [0.29, 0.717) is 5.96 Å². The fraction of sp³-hybridized carbons (Fsp3) is 0.500. The summed E-state index contributed by atoms with van der Waals surface area (Å²) in [5.74, 6) is 0.716. The van der Waals surface area contributed by atoms with Crippen molar-refractivity contribution in [3.05, 3.63) is 35.5 Å². The quantitative estimate of drug-likeness (QED) is 0.445. The van der Waals surface area contributed by atoms with E-state index in [1.165, 1.54) is 41.3 Å². The van der Waals surface area contributed by atoms with E-state index in [1.54, 1.807) is 0 Å². The van der Waals surface area contributed by atoms with Gasteiger partial charge in [0.2, 0.25) is 0 Å². The number of hydrogen-bond donors (Lipinski definition) is 2. The second-order valence-electron chi connectivity index (χ2n) is 6.04. The van der Waals surface area contributed by atoms with Crippen LogP contribution in [0.3, 0.4) is 0 Å². The average Bonchev–Trinajstić information content (AvgIpc) is 2.99. The molecule has 5 heteroatoms. The minimum Gasteiger partial charge on any atom is -0.370 e. The van der Waals surface area contributed by atoms with Crippen LogP contribution in [0.25, 0.3) is 10.9 Å². The third kappa shape index (κ3) is 4.19. The van der Waals surface area contributed by atoms with E-state index in [0.717, 1.165) is 32.5 Å². The first-order valence-electron chi connectivity index (χ1n) is 8.42. The third-order valence-electron chi connectivity index (χ3n) is 4.60. The normalized spacial score (nSPS) is 15.7. The largest absolute Gasteiger partial charge is 0.370 e. The van der Waals surface area contributed by atoms with E-state index in [9.17, 15) is 0 Å². The molecule has 3 N–H and O–H groups in total. The van der Waals surface area contributed by atoms with Crippen LogP contribution < -0.4 is 5.73 Å². The number of H-pyrrole nitrogens is 1. The molecule has 1 fully saturated rings. The van der Waals surface area contributed by atoms with E-state index >= 15 is 0 Å². The van der Waals surface area contributed by atoms with Crippen molar-refractivity contribution in [2.24, 2.45) is 10.7 Å². The maximum atomic E-state index is 6.11. The minimum atomic E-state index is 0. The van der Waals surface area contributed by atoms with Crippen LogP contribution in [0.4, 0.5) is 0 Å². The number of benzene rings is 1. The summed E-state index contributed by atoms with van der Waals surface area (Å²) in [6, 6.07) is 6.52. The number of para-hydroxylation sites is 1. The molecule has 0 amide bonds. The molecular weight excluding hydrogens is 399 g/mol. The Kier molecular flexibility index (Phi) is 6.74. The number of nitrogens with zero attached hydrogens (tertiary/aromatic N) is 2. The lowest BCUT2D eigenvalue weighted by Gasteiger charge is -2.27. The number of guanidine groups is 1. The van der Waals surface area contributed by atoms with Gasteiger partial charge in [0.15, 0.2) is 5.96 Å². The molecular formula is C18H27IN4. The molecule has 1 aliphatic heterocycles. The van der Waals surface area contributed by atoms with E-state index in [-0.39, 0.29) is 24.0 Å². The number of aromatic nitrogens is 1. The van der Waals surface area contributed by atoms with E-state index in [4.69, 9.17) is 5.73 Å². The van der Waals surface area contributed by atoms with Crippen molar-refractivity contribution in [1.82, 2.24) is 9.88 Å². The van der Waals surface area contributed by atoms with Gasteiger partial charge in [0.25, 0.3) is 0 Å². The molecule has 2 heterocycles. The molecule has 0 unspecified atom stereocenters. The van der Waals surface area contributed by atoms with Crippen LogP contribution in [-0.2, 0) is 12.8 Å². The zero-order valence-corrected chi connectivity index (χ0v) is 16.2. The van der Waals surface area contributed by atoms with E-state index < -0.39 is 0 Å². The number of fused-ring (bicyclic) bond motifs is 1. The predicted octanol–water partition coefficient (Wildman–Crippen LogP) is 3.69. The van der Waals surface area contributed by atoms with Crippen LogP contribution >= 0.6 is 24.0 Å². The van der Waals surface area contributed by atoms with Gasteiger partial charge in [0.05, 0.1) is 0 Å². The standard InChI is InChI=1S/C18H26N4.HI/c1-2-14-7-6-8-16-15(13-21-17(14)16)9-10-20-18(19)22-11-4-3-5-12-22;/h6-8,13,21H,2-5,9-12H2,1H3,(H2,19,20);1H. The van der Waals surface area contributed by atoms with Crippen molar-refractivity contribution in [3.63, 3.8) is 0 Å². The van der Waals surface area contributed by atoms with Crippen LogP contribution in [0.2, 0.25) is 0 Å². The molecule has 126 valence electrons. The molecule has 0 atom stereocenters. The predicted molar refractivity (Wildman–Crippen MR) is 109 cm³/mol. The molecule has 1 saturated heterocycles. The van der Waals surface area contributed by atoms with Gasteiger partial charge in [-0.3, -0.25) is 4.99 Å². The van der Waals surface area contributed by atoms with Crippen molar-refractivity contribution in [1.29, 1.82) is 0 Å². The summed E-state index contributed by atoms with van der Waals surface area (Å²) >= 11 is 0. The summed E-state index contributed by atoms with van der Waals surface area (Å²) in [5, 5.41) is 1.33. The first-order chi connectivity index (χ1) is 10.8. The third-order valence-corrected chi connectivity index (χ3v) is 4.60. The molecule has 0 spiro atoms. The summed E-state index contributed by atoms with van der Waals surface area (Å²) in [5.41, 5.74) is 10.1. The van der Waals surface area contributed by atoms with Gasteiger partial charge in [0.1, 0.15) is 0 Å². The molecule has 0 aliphatic carbocycles. The topological polar surface area (TPSA) is 57.4 Å². The number of aryl methyl sites for hydroxylation is 1. The maximum Gasteiger partial charge on any atom is 0.191 e. The highest BCUT2D eigenvalue weighted by molar-refractivity contribution is 14.0. The number of nitrogens with one attached hydrogen (secondary N) is 1. The van der Waals surface area contributed by atoms with Gasteiger partial charge in [-0.05, 0) is 43.2 Å². The lowest BCUT2D eigenvalue weighted by atomic mass is 10.1. The lowest BCUT2D eigenvalue weighted by Crippen LogP contribution is -2.41. The van der Waals surface area contributed by atoms with Gasteiger partial charge in [-0.25, -0.2) is 0 Å². The lowest BCUT2D eigenvalue weighted by molar-refractivity contribution is 0.338.